The largest absolute Gasteiger partial charge is 0.497 e. The molecule has 3 aromatic rings. The molecule has 2 heterocycles. The van der Waals surface area contributed by atoms with Crippen LogP contribution in [-0.4, -0.2) is 53.3 Å². The third kappa shape index (κ3) is 8.49. The number of rotatable bonds is 8. The van der Waals surface area contributed by atoms with Gasteiger partial charge in [0.1, 0.15) is 34.7 Å². The summed E-state index contributed by atoms with van der Waals surface area (Å²) in [6, 6.07) is 16.9. The van der Waals surface area contributed by atoms with Crippen LogP contribution in [0.4, 0.5) is 13.2 Å². The van der Waals surface area contributed by atoms with E-state index < -0.39 is 59.2 Å². The highest BCUT2D eigenvalue weighted by molar-refractivity contribution is 5.98. The molecule has 298 valence electrons. The van der Waals surface area contributed by atoms with Crippen molar-refractivity contribution < 1.29 is 41.8 Å². The highest BCUT2D eigenvalue weighted by Gasteiger charge is 2.60. The normalized spacial score (nSPS) is 30.5. The van der Waals surface area contributed by atoms with Crippen molar-refractivity contribution in [3.8, 4) is 22.8 Å². The van der Waals surface area contributed by atoms with Crippen molar-refractivity contribution in [3.05, 3.63) is 66.7 Å². The Kier molecular flexibility index (Phi) is 11.6. The number of primary amides is 1. The molecule has 8 atom stereocenters. The first-order valence-corrected chi connectivity index (χ1v) is 20.0. The average Bonchev–Trinajstić information content (AvgIpc) is 3.73. The summed E-state index contributed by atoms with van der Waals surface area (Å²) in [4.78, 5) is 60.5. The molecule has 4 aliphatic rings. The van der Waals surface area contributed by atoms with Gasteiger partial charge in [0.25, 0.3) is 0 Å². The Balaban J connectivity index is 1.20. The molecule has 56 heavy (non-hydrogen) atoms. The molecule has 2 aromatic carbocycles. The molecule has 9 nitrogen and oxygen atoms in total. The maximum absolute atomic E-state index is 14.8. The second kappa shape index (κ2) is 16.4. The summed E-state index contributed by atoms with van der Waals surface area (Å²) in [6.07, 6.45) is 3.32. The minimum atomic E-state index is -4.37. The zero-order valence-corrected chi connectivity index (χ0v) is 31.7. The Bertz CT molecular complexity index is 1990. The lowest BCUT2D eigenvalue weighted by Gasteiger charge is -2.31. The standard InChI is InChI=1S/C44H50F3N3O6/c1-55-31-17-18-33-37(23-31)49-36(26-11-7-5-8-12-26)24-39(33)56-32-21-34-35(22-32)41(53)50-43(42(48)54)25-30(43)15-9-4-2-3-6-13-28(40(34)52)20-38(51)27-14-10-16-29(19-27)44(45,46)47/h5,7-9,11-12,15,17-18,23-24,27-30,32,34-35H,2-4,6,10,13-14,16,19-22,25H2,1H3,(H2,48,54)(H,50,53)/b15-9-/t27?,28-,29?,30-,32+,34?,35-,43-/m1/s1. The van der Waals surface area contributed by atoms with Gasteiger partial charge in [-0.25, -0.2) is 4.98 Å². The van der Waals surface area contributed by atoms with E-state index in [1.54, 1.807) is 13.2 Å². The first-order chi connectivity index (χ1) is 26.9. The quantitative estimate of drug-likeness (QED) is 0.221. The molecule has 3 unspecified atom stereocenters. The summed E-state index contributed by atoms with van der Waals surface area (Å²) in [5.41, 5.74) is 6.78. The lowest BCUT2D eigenvalue weighted by Crippen LogP contribution is -2.51. The Morgan fingerprint density at radius 2 is 1.73 bits per heavy atom. The third-order valence-corrected chi connectivity index (χ3v) is 12.6. The smallest absolute Gasteiger partial charge is 0.391 e. The predicted molar refractivity (Wildman–Crippen MR) is 204 cm³/mol. The van der Waals surface area contributed by atoms with E-state index in [1.165, 1.54) is 0 Å². The van der Waals surface area contributed by atoms with Gasteiger partial charge in [-0.3, -0.25) is 19.2 Å². The number of nitrogens with one attached hydrogen (secondary N) is 1. The summed E-state index contributed by atoms with van der Waals surface area (Å²) < 4.78 is 53.3. The first kappa shape index (κ1) is 39.5. The molecule has 1 aliphatic heterocycles. The van der Waals surface area contributed by atoms with Crippen LogP contribution in [0.15, 0.2) is 66.7 Å². The summed E-state index contributed by atoms with van der Waals surface area (Å²) in [5, 5.41) is 3.65. The molecule has 0 spiro atoms. The van der Waals surface area contributed by atoms with Crippen LogP contribution in [0.1, 0.15) is 83.5 Å². The number of nitrogens with zero attached hydrogens (tertiary/aromatic N) is 1. The van der Waals surface area contributed by atoms with E-state index in [1.807, 2.05) is 60.7 Å². The van der Waals surface area contributed by atoms with Gasteiger partial charge in [0.15, 0.2) is 0 Å². The summed E-state index contributed by atoms with van der Waals surface area (Å²) in [7, 11) is 1.57. The number of halogens is 3. The second-order valence-electron chi connectivity index (χ2n) is 16.3. The van der Waals surface area contributed by atoms with Gasteiger partial charge in [0.05, 0.1) is 30.2 Å². The SMILES string of the molecule is COc1ccc2c(O[C@H]3CC4C(=O)[C@@H](CC(=O)C5CCCC(C(F)(F)F)C5)CCCCC/C=C\[C@@H]5C[C@@]5(C(N)=O)NC(=O)[C@@H]4C3)cc(-c3ccccc3)nc2c1. The van der Waals surface area contributed by atoms with E-state index in [0.717, 1.165) is 24.8 Å². The first-order valence-electron chi connectivity index (χ1n) is 20.0. The maximum atomic E-state index is 14.8. The van der Waals surface area contributed by atoms with Gasteiger partial charge in [-0.1, -0.05) is 61.7 Å². The number of allylic oxidation sites excluding steroid dienone is 1. The highest BCUT2D eigenvalue weighted by Crippen LogP contribution is 2.47. The monoisotopic (exact) mass is 773 g/mol. The number of hydrogen-bond donors (Lipinski definition) is 2. The number of ketones is 2. The molecule has 3 saturated carbocycles. The van der Waals surface area contributed by atoms with Gasteiger partial charge in [-0.2, -0.15) is 13.2 Å². The van der Waals surface area contributed by atoms with Crippen LogP contribution in [0.2, 0.25) is 0 Å². The number of alkyl halides is 3. The van der Waals surface area contributed by atoms with E-state index in [-0.39, 0.29) is 49.6 Å². The molecule has 1 aromatic heterocycles. The van der Waals surface area contributed by atoms with E-state index in [9.17, 15) is 32.3 Å². The lowest BCUT2D eigenvalue weighted by molar-refractivity contribution is -0.186. The van der Waals surface area contributed by atoms with Crippen molar-refractivity contribution in [1.82, 2.24) is 10.3 Å². The van der Waals surface area contributed by atoms with Gasteiger partial charge in [-0.15, -0.1) is 0 Å². The molecule has 3 fully saturated rings. The molecule has 12 heteroatoms. The maximum Gasteiger partial charge on any atom is 0.391 e. The molecule has 2 amide bonds. The molecule has 0 radical (unpaired) electrons. The number of carbonyl (C=O) groups excluding carboxylic acids is 4. The number of pyridine rings is 1. The van der Waals surface area contributed by atoms with E-state index in [4.69, 9.17) is 20.2 Å². The summed E-state index contributed by atoms with van der Waals surface area (Å²) >= 11 is 0. The van der Waals surface area contributed by atoms with Gasteiger partial charge in [0.2, 0.25) is 11.8 Å². The van der Waals surface area contributed by atoms with Gasteiger partial charge in [-0.05, 0) is 69.9 Å². The molecule has 0 saturated heterocycles. The molecule has 3 N–H and O–H groups in total. The number of ether oxygens (including phenoxy) is 2. The Morgan fingerprint density at radius 1 is 0.946 bits per heavy atom. The van der Waals surface area contributed by atoms with Crippen LogP contribution >= 0.6 is 0 Å². The van der Waals surface area contributed by atoms with Crippen LogP contribution in [0.25, 0.3) is 22.2 Å². The van der Waals surface area contributed by atoms with Crippen LogP contribution in [-0.2, 0) is 19.2 Å². The third-order valence-electron chi connectivity index (χ3n) is 12.6. The number of carbonyl (C=O) groups is 4. The molecule has 7 rings (SSSR count). The zero-order valence-electron chi connectivity index (χ0n) is 31.7. The van der Waals surface area contributed by atoms with Crippen LogP contribution < -0.4 is 20.5 Å². The second-order valence-corrected chi connectivity index (χ2v) is 16.3. The van der Waals surface area contributed by atoms with Crippen LogP contribution in [0.3, 0.4) is 0 Å². The summed E-state index contributed by atoms with van der Waals surface area (Å²) in [6.45, 7) is 0. The number of methoxy groups -OCH3 is 1. The highest BCUT2D eigenvalue weighted by atomic mass is 19.4. The van der Waals surface area contributed by atoms with Crippen molar-refractivity contribution in [2.24, 2.45) is 41.2 Å². The van der Waals surface area contributed by atoms with E-state index in [2.05, 4.69) is 5.32 Å². The number of amides is 2. The van der Waals surface area contributed by atoms with Gasteiger partial charge in [0, 0.05) is 53.2 Å². The van der Waals surface area contributed by atoms with Crippen molar-refractivity contribution in [2.75, 3.05) is 7.11 Å². The topological polar surface area (TPSA) is 138 Å². The van der Waals surface area contributed by atoms with Crippen molar-refractivity contribution in [1.29, 1.82) is 0 Å². The van der Waals surface area contributed by atoms with Gasteiger partial charge >= 0.3 is 6.18 Å². The minimum Gasteiger partial charge on any atom is -0.497 e. The fourth-order valence-electron chi connectivity index (χ4n) is 9.28. The number of nitrogens with two attached hydrogens (primary N) is 1. The van der Waals surface area contributed by atoms with E-state index >= 15 is 0 Å². The average molecular weight is 774 g/mol. The Labute approximate surface area is 325 Å². The van der Waals surface area contributed by atoms with Crippen molar-refractivity contribution >= 4 is 34.3 Å². The molecule has 3 aliphatic carbocycles. The number of Topliss-reactive ketones (excluding diaryl/α,β-unsaturated/α-hetero) is 2. The number of fused-ring (bicyclic) bond motifs is 3. The van der Waals surface area contributed by atoms with Gasteiger partial charge < -0.3 is 20.5 Å². The van der Waals surface area contributed by atoms with Crippen molar-refractivity contribution in [3.63, 3.8) is 0 Å². The number of hydrogen-bond acceptors (Lipinski definition) is 7. The lowest BCUT2D eigenvalue weighted by atomic mass is 9.74. The molecular formula is C44H50F3N3O6. The fraction of sp³-hybridized carbons (Fsp3) is 0.523. The number of benzene rings is 2. The Morgan fingerprint density at radius 3 is 2.48 bits per heavy atom. The van der Waals surface area contributed by atoms with Crippen LogP contribution in [0, 0.1) is 35.5 Å². The fourth-order valence-corrected chi connectivity index (χ4v) is 9.28. The summed E-state index contributed by atoms with van der Waals surface area (Å²) in [5.74, 6) is -5.59. The zero-order chi connectivity index (χ0) is 39.6. The predicted octanol–water partition coefficient (Wildman–Crippen LogP) is 8.08. The molecule has 0 bridgehead atoms. The van der Waals surface area contributed by atoms with E-state index in [0.29, 0.717) is 60.2 Å². The minimum absolute atomic E-state index is 0.00510. The van der Waals surface area contributed by atoms with Crippen molar-refractivity contribution in [2.45, 2.75) is 101 Å². The number of aromatic nitrogens is 1. The van der Waals surface area contributed by atoms with Crippen LogP contribution in [0.5, 0.6) is 11.5 Å². The Hall–Kier alpha value is -4.74. The molecular weight excluding hydrogens is 723 g/mol.